The molecule has 0 aromatic heterocycles. The van der Waals surface area contributed by atoms with Crippen molar-refractivity contribution in [2.75, 3.05) is 11.9 Å². The topological polar surface area (TPSA) is 62.4 Å². The number of nitrogens with one attached hydrogen (secondary N) is 2. The summed E-state index contributed by atoms with van der Waals surface area (Å²) in [5, 5.41) is 3.27. The number of hydrogen-bond donors (Lipinski definition) is 3. The van der Waals surface area contributed by atoms with Crippen molar-refractivity contribution in [3.05, 3.63) is 65.7 Å². The minimum absolute atomic E-state index is 0.595. The predicted molar refractivity (Wildman–Crippen MR) is 89.2 cm³/mol. The Morgan fingerprint density at radius 3 is 2.48 bits per heavy atom. The Labute approximate surface area is 126 Å². The van der Waals surface area contributed by atoms with E-state index in [0.717, 1.165) is 25.1 Å². The molecule has 0 saturated carbocycles. The Balaban J connectivity index is 2.16. The van der Waals surface area contributed by atoms with E-state index in [1.807, 2.05) is 24.3 Å². The first-order chi connectivity index (χ1) is 10.3. The highest BCUT2D eigenvalue weighted by atomic mass is 15.3. The lowest BCUT2D eigenvalue weighted by molar-refractivity contribution is 0.905. The van der Waals surface area contributed by atoms with Crippen molar-refractivity contribution in [1.29, 1.82) is 0 Å². The highest BCUT2D eigenvalue weighted by Crippen LogP contribution is 2.18. The van der Waals surface area contributed by atoms with Crippen LogP contribution in [0, 0.1) is 0 Å². The van der Waals surface area contributed by atoms with E-state index in [1.54, 1.807) is 0 Å². The van der Waals surface area contributed by atoms with Gasteiger partial charge in [-0.1, -0.05) is 55.5 Å². The predicted octanol–water partition coefficient (Wildman–Crippen LogP) is 2.92. The SMILES string of the molecule is CCCN=C(NN)Nc1ccccc1Cc1ccccc1. The van der Waals surface area contributed by atoms with Gasteiger partial charge in [0, 0.05) is 12.2 Å². The molecule has 110 valence electrons. The van der Waals surface area contributed by atoms with Gasteiger partial charge in [0.2, 0.25) is 5.96 Å². The largest absolute Gasteiger partial charge is 0.325 e. The molecule has 0 atom stereocenters. The fourth-order valence-corrected chi connectivity index (χ4v) is 2.08. The molecule has 2 rings (SSSR count). The number of benzene rings is 2. The molecule has 0 spiro atoms. The molecule has 0 amide bonds. The van der Waals surface area contributed by atoms with E-state index < -0.39 is 0 Å². The van der Waals surface area contributed by atoms with Gasteiger partial charge in [-0.05, 0) is 30.0 Å². The third-order valence-corrected chi connectivity index (χ3v) is 3.14. The Hall–Kier alpha value is -2.33. The summed E-state index contributed by atoms with van der Waals surface area (Å²) >= 11 is 0. The van der Waals surface area contributed by atoms with Crippen LogP contribution in [0.25, 0.3) is 0 Å². The van der Waals surface area contributed by atoms with Crippen LogP contribution in [0.5, 0.6) is 0 Å². The molecule has 0 aliphatic rings. The van der Waals surface area contributed by atoms with Gasteiger partial charge in [-0.3, -0.25) is 10.4 Å². The molecule has 2 aromatic rings. The summed E-state index contributed by atoms with van der Waals surface area (Å²) in [6.45, 7) is 2.83. The van der Waals surface area contributed by atoms with Crippen LogP contribution in [0.4, 0.5) is 5.69 Å². The summed E-state index contributed by atoms with van der Waals surface area (Å²) in [5.41, 5.74) is 6.13. The van der Waals surface area contributed by atoms with Crippen molar-refractivity contribution >= 4 is 11.6 Å². The van der Waals surface area contributed by atoms with E-state index in [2.05, 4.69) is 53.0 Å². The summed E-state index contributed by atoms with van der Waals surface area (Å²) < 4.78 is 0. The zero-order chi connectivity index (χ0) is 14.9. The van der Waals surface area contributed by atoms with E-state index in [-0.39, 0.29) is 0 Å². The van der Waals surface area contributed by atoms with Crippen molar-refractivity contribution in [2.45, 2.75) is 19.8 Å². The molecule has 0 heterocycles. The van der Waals surface area contributed by atoms with E-state index in [4.69, 9.17) is 5.84 Å². The first-order valence-electron chi connectivity index (χ1n) is 7.23. The average molecular weight is 282 g/mol. The molecule has 0 aliphatic carbocycles. The molecular formula is C17H22N4. The molecule has 0 fully saturated rings. The Morgan fingerprint density at radius 1 is 1.05 bits per heavy atom. The number of nitrogens with two attached hydrogens (primary N) is 1. The molecule has 2 aromatic carbocycles. The van der Waals surface area contributed by atoms with E-state index >= 15 is 0 Å². The zero-order valence-electron chi connectivity index (χ0n) is 12.3. The second-order valence-corrected chi connectivity index (χ2v) is 4.82. The highest BCUT2D eigenvalue weighted by Gasteiger charge is 2.05. The quantitative estimate of drug-likeness (QED) is 0.342. The Kier molecular flexibility index (Phi) is 5.79. The summed E-state index contributed by atoms with van der Waals surface area (Å²) in [6, 6.07) is 18.6. The molecule has 0 bridgehead atoms. The van der Waals surface area contributed by atoms with Gasteiger partial charge in [0.25, 0.3) is 0 Å². The van der Waals surface area contributed by atoms with Crippen LogP contribution >= 0.6 is 0 Å². The lowest BCUT2D eigenvalue weighted by atomic mass is 10.0. The third-order valence-electron chi connectivity index (χ3n) is 3.14. The minimum atomic E-state index is 0.595. The first kappa shape index (κ1) is 15.1. The van der Waals surface area contributed by atoms with Crippen LogP contribution in [0.2, 0.25) is 0 Å². The number of nitrogens with zero attached hydrogens (tertiary/aromatic N) is 1. The molecule has 0 aliphatic heterocycles. The number of rotatable bonds is 5. The van der Waals surface area contributed by atoms with Crippen LogP contribution in [0.15, 0.2) is 59.6 Å². The van der Waals surface area contributed by atoms with Gasteiger partial charge in [-0.15, -0.1) is 0 Å². The lowest BCUT2D eigenvalue weighted by Gasteiger charge is -2.13. The Bertz CT molecular complexity index is 578. The maximum atomic E-state index is 5.52. The van der Waals surface area contributed by atoms with Gasteiger partial charge in [0.1, 0.15) is 0 Å². The van der Waals surface area contributed by atoms with Gasteiger partial charge < -0.3 is 5.32 Å². The molecule has 0 unspecified atom stereocenters. The van der Waals surface area contributed by atoms with Crippen LogP contribution in [0.1, 0.15) is 24.5 Å². The van der Waals surface area contributed by atoms with Crippen molar-refractivity contribution in [3.63, 3.8) is 0 Å². The van der Waals surface area contributed by atoms with Crippen LogP contribution in [-0.2, 0) is 6.42 Å². The molecule has 4 nitrogen and oxygen atoms in total. The fraction of sp³-hybridized carbons (Fsp3) is 0.235. The Morgan fingerprint density at radius 2 is 1.76 bits per heavy atom. The van der Waals surface area contributed by atoms with Gasteiger partial charge in [-0.25, -0.2) is 5.84 Å². The summed E-state index contributed by atoms with van der Waals surface area (Å²) in [7, 11) is 0. The van der Waals surface area contributed by atoms with Crippen molar-refractivity contribution in [3.8, 4) is 0 Å². The van der Waals surface area contributed by atoms with Gasteiger partial charge in [0.15, 0.2) is 0 Å². The smallest absolute Gasteiger partial charge is 0.210 e. The minimum Gasteiger partial charge on any atom is -0.325 e. The van der Waals surface area contributed by atoms with Gasteiger partial charge in [0.05, 0.1) is 0 Å². The van der Waals surface area contributed by atoms with E-state index in [1.165, 1.54) is 11.1 Å². The van der Waals surface area contributed by atoms with Crippen molar-refractivity contribution < 1.29 is 0 Å². The monoisotopic (exact) mass is 282 g/mol. The summed E-state index contributed by atoms with van der Waals surface area (Å²) in [6.07, 6.45) is 1.86. The molecule has 0 saturated heterocycles. The molecule has 21 heavy (non-hydrogen) atoms. The second kappa shape index (κ2) is 8.07. The van der Waals surface area contributed by atoms with Gasteiger partial charge in [-0.2, -0.15) is 0 Å². The van der Waals surface area contributed by atoms with E-state index in [9.17, 15) is 0 Å². The standard InChI is InChI=1S/C17H22N4/c1-2-12-19-17(21-18)20-16-11-7-6-10-15(16)13-14-8-4-3-5-9-14/h3-11H,2,12-13,18H2,1H3,(H2,19,20,21). The van der Waals surface area contributed by atoms with Crippen LogP contribution < -0.4 is 16.6 Å². The number of para-hydroxylation sites is 1. The fourth-order valence-electron chi connectivity index (χ4n) is 2.08. The maximum absolute atomic E-state index is 5.52. The number of guanidine groups is 1. The summed E-state index contributed by atoms with van der Waals surface area (Å²) in [4.78, 5) is 4.37. The number of anilines is 1. The molecule has 4 N–H and O–H groups in total. The zero-order valence-corrected chi connectivity index (χ0v) is 12.3. The first-order valence-corrected chi connectivity index (χ1v) is 7.23. The number of hydrazine groups is 1. The number of hydrogen-bond acceptors (Lipinski definition) is 2. The maximum Gasteiger partial charge on any atom is 0.210 e. The normalized spacial score (nSPS) is 11.2. The second-order valence-electron chi connectivity index (χ2n) is 4.82. The van der Waals surface area contributed by atoms with Gasteiger partial charge >= 0.3 is 0 Å². The molecule has 4 heteroatoms. The van der Waals surface area contributed by atoms with Crippen molar-refractivity contribution in [1.82, 2.24) is 5.43 Å². The lowest BCUT2D eigenvalue weighted by Crippen LogP contribution is -2.36. The highest BCUT2D eigenvalue weighted by molar-refractivity contribution is 5.93. The average Bonchev–Trinajstić information content (AvgIpc) is 2.54. The summed E-state index contributed by atoms with van der Waals surface area (Å²) in [5.74, 6) is 6.12. The van der Waals surface area contributed by atoms with E-state index in [0.29, 0.717) is 5.96 Å². The van der Waals surface area contributed by atoms with Crippen LogP contribution in [0.3, 0.4) is 0 Å². The molecule has 0 radical (unpaired) electrons. The molecular weight excluding hydrogens is 260 g/mol. The third kappa shape index (κ3) is 4.61. The van der Waals surface area contributed by atoms with Crippen LogP contribution in [-0.4, -0.2) is 12.5 Å². The van der Waals surface area contributed by atoms with Crippen molar-refractivity contribution in [2.24, 2.45) is 10.8 Å². The number of aliphatic imine (C=N–C) groups is 1.